The Bertz CT molecular complexity index is 494. The summed E-state index contributed by atoms with van der Waals surface area (Å²) >= 11 is 0. The Morgan fingerprint density at radius 3 is 1.18 bits per heavy atom. The van der Waals surface area contributed by atoms with Gasteiger partial charge in [-0.05, 0) is 77.0 Å². The first kappa shape index (κ1) is 37.1. The van der Waals surface area contributed by atoms with E-state index in [1.807, 2.05) is 0 Å². The number of hydrogen-bond acceptors (Lipinski definition) is 2. The van der Waals surface area contributed by atoms with Crippen molar-refractivity contribution in [3.8, 4) is 0 Å². The first-order valence-corrected chi connectivity index (χ1v) is 17.1. The van der Waals surface area contributed by atoms with Gasteiger partial charge in [-0.15, -0.1) is 0 Å². The van der Waals surface area contributed by atoms with Crippen LogP contribution in [-0.2, 0) is 4.74 Å². The van der Waals surface area contributed by atoms with Gasteiger partial charge in [-0.3, -0.25) is 0 Å². The topological polar surface area (TPSA) is 29.5 Å². The Morgan fingerprint density at radius 2 is 0.737 bits per heavy atom. The fourth-order valence-corrected chi connectivity index (χ4v) is 4.78. The smallest absolute Gasteiger partial charge is 0.0466 e. The van der Waals surface area contributed by atoms with E-state index in [1.54, 1.807) is 0 Å². The number of unbranched alkanes of at least 4 members (excludes halogenated alkanes) is 21. The van der Waals surface area contributed by atoms with Gasteiger partial charge in [0.25, 0.3) is 0 Å². The zero-order valence-electron chi connectivity index (χ0n) is 25.8. The molecule has 0 fully saturated rings. The molecule has 0 rings (SSSR count). The van der Waals surface area contributed by atoms with E-state index in [0.717, 1.165) is 26.1 Å². The standard InChI is InChI=1S/C36H68O2/c1-2-3-4-5-6-7-8-9-10-14-17-20-23-26-29-32-35-38-36-33-30-27-24-21-18-15-12-11-13-16-19-22-25-28-31-34-37/h9-12,18,21,37H,2-8,13-17,19-20,22-36H2,1H3/b10-9?,12-11-,21-18?. The van der Waals surface area contributed by atoms with Crippen LogP contribution in [-0.4, -0.2) is 24.9 Å². The highest BCUT2D eigenvalue weighted by molar-refractivity contribution is 4.92. The molecule has 0 unspecified atom stereocenters. The lowest BCUT2D eigenvalue weighted by Gasteiger charge is -2.04. The molecular weight excluding hydrogens is 464 g/mol. The minimum Gasteiger partial charge on any atom is -0.396 e. The highest BCUT2D eigenvalue weighted by Crippen LogP contribution is 2.11. The number of allylic oxidation sites excluding steroid dienone is 6. The summed E-state index contributed by atoms with van der Waals surface area (Å²) < 4.78 is 5.83. The molecular formula is C36H68O2. The van der Waals surface area contributed by atoms with E-state index in [9.17, 15) is 0 Å². The molecule has 0 aliphatic heterocycles. The van der Waals surface area contributed by atoms with Crippen LogP contribution in [0, 0.1) is 0 Å². The summed E-state index contributed by atoms with van der Waals surface area (Å²) in [7, 11) is 0. The van der Waals surface area contributed by atoms with Gasteiger partial charge in [0.2, 0.25) is 0 Å². The quantitative estimate of drug-likeness (QED) is 0.0689. The third-order valence-corrected chi connectivity index (χ3v) is 7.34. The first-order valence-electron chi connectivity index (χ1n) is 17.1. The van der Waals surface area contributed by atoms with Crippen molar-refractivity contribution in [3.63, 3.8) is 0 Å². The maximum absolute atomic E-state index is 8.76. The van der Waals surface area contributed by atoms with Gasteiger partial charge in [0.05, 0.1) is 0 Å². The van der Waals surface area contributed by atoms with Crippen LogP contribution in [0.15, 0.2) is 36.5 Å². The molecule has 0 aromatic heterocycles. The van der Waals surface area contributed by atoms with Gasteiger partial charge in [-0.25, -0.2) is 0 Å². The number of hydrogen-bond donors (Lipinski definition) is 1. The van der Waals surface area contributed by atoms with Gasteiger partial charge in [0.1, 0.15) is 0 Å². The van der Waals surface area contributed by atoms with Gasteiger partial charge < -0.3 is 9.84 Å². The summed E-state index contributed by atoms with van der Waals surface area (Å²) in [5.74, 6) is 0. The Hall–Kier alpha value is -0.860. The van der Waals surface area contributed by atoms with Gasteiger partial charge in [-0.2, -0.15) is 0 Å². The maximum Gasteiger partial charge on any atom is 0.0466 e. The van der Waals surface area contributed by atoms with E-state index in [4.69, 9.17) is 9.84 Å². The molecule has 0 amide bonds. The predicted molar refractivity (Wildman–Crippen MR) is 171 cm³/mol. The molecule has 224 valence electrons. The average molecular weight is 533 g/mol. The van der Waals surface area contributed by atoms with E-state index >= 15 is 0 Å². The SMILES string of the molecule is CCCCCCCCC=CCCCCCCCCOCCCCCC=CC/C=C\CCCCCCCCO. The Kier molecular flexibility index (Phi) is 35.3. The highest BCUT2D eigenvalue weighted by atomic mass is 16.5. The Balaban J connectivity index is 3.16. The number of aliphatic hydroxyl groups excluding tert-OH is 1. The van der Waals surface area contributed by atoms with Crippen molar-refractivity contribution >= 4 is 0 Å². The van der Waals surface area contributed by atoms with E-state index in [-0.39, 0.29) is 0 Å². The monoisotopic (exact) mass is 533 g/mol. The van der Waals surface area contributed by atoms with Gasteiger partial charge in [-0.1, -0.05) is 133 Å². The molecule has 0 saturated heterocycles. The highest BCUT2D eigenvalue weighted by Gasteiger charge is 1.94. The third kappa shape index (κ3) is 35.1. The summed E-state index contributed by atoms with van der Waals surface area (Å²) in [6, 6.07) is 0. The molecule has 2 heteroatoms. The van der Waals surface area contributed by atoms with Crippen molar-refractivity contribution in [1.82, 2.24) is 0 Å². The lowest BCUT2D eigenvalue weighted by atomic mass is 10.1. The second-order valence-electron chi connectivity index (χ2n) is 11.2. The van der Waals surface area contributed by atoms with E-state index in [2.05, 4.69) is 43.4 Å². The van der Waals surface area contributed by atoms with E-state index in [0.29, 0.717) is 6.61 Å². The molecule has 0 bridgehead atoms. The summed E-state index contributed by atoms with van der Waals surface area (Å²) in [5.41, 5.74) is 0. The second-order valence-corrected chi connectivity index (χ2v) is 11.2. The second kappa shape index (κ2) is 36.1. The van der Waals surface area contributed by atoms with Crippen molar-refractivity contribution in [2.24, 2.45) is 0 Å². The molecule has 0 aliphatic rings. The minimum absolute atomic E-state index is 0.350. The molecule has 38 heavy (non-hydrogen) atoms. The third-order valence-electron chi connectivity index (χ3n) is 7.34. The van der Waals surface area contributed by atoms with Gasteiger partial charge >= 0.3 is 0 Å². The van der Waals surface area contributed by atoms with E-state index < -0.39 is 0 Å². The van der Waals surface area contributed by atoms with Crippen LogP contribution in [0.5, 0.6) is 0 Å². The van der Waals surface area contributed by atoms with Gasteiger partial charge in [0.15, 0.2) is 0 Å². The largest absolute Gasteiger partial charge is 0.396 e. The molecule has 0 radical (unpaired) electrons. The Labute approximate surface area is 239 Å². The summed E-state index contributed by atoms with van der Waals surface area (Å²) in [6.45, 7) is 4.54. The maximum atomic E-state index is 8.76. The molecule has 2 nitrogen and oxygen atoms in total. The van der Waals surface area contributed by atoms with Crippen LogP contribution >= 0.6 is 0 Å². The van der Waals surface area contributed by atoms with Crippen LogP contribution in [0.1, 0.15) is 174 Å². The van der Waals surface area contributed by atoms with Crippen LogP contribution in [0.4, 0.5) is 0 Å². The number of aliphatic hydroxyl groups is 1. The number of rotatable bonds is 32. The van der Waals surface area contributed by atoms with Crippen LogP contribution in [0.25, 0.3) is 0 Å². The zero-order chi connectivity index (χ0) is 27.5. The van der Waals surface area contributed by atoms with Crippen LogP contribution < -0.4 is 0 Å². The van der Waals surface area contributed by atoms with E-state index in [1.165, 1.54) is 154 Å². The molecule has 0 heterocycles. The molecule has 0 atom stereocenters. The zero-order valence-corrected chi connectivity index (χ0v) is 25.8. The van der Waals surface area contributed by atoms with Gasteiger partial charge in [0, 0.05) is 19.8 Å². The van der Waals surface area contributed by atoms with Crippen LogP contribution in [0.3, 0.4) is 0 Å². The normalized spacial score (nSPS) is 12.2. The molecule has 1 N–H and O–H groups in total. The van der Waals surface area contributed by atoms with Crippen molar-refractivity contribution in [1.29, 1.82) is 0 Å². The van der Waals surface area contributed by atoms with Crippen molar-refractivity contribution in [2.75, 3.05) is 19.8 Å². The fourth-order valence-electron chi connectivity index (χ4n) is 4.78. The predicted octanol–water partition coefficient (Wildman–Crippen LogP) is 11.8. The molecule has 0 aromatic carbocycles. The van der Waals surface area contributed by atoms with Crippen LogP contribution in [0.2, 0.25) is 0 Å². The summed E-state index contributed by atoms with van der Waals surface area (Å²) in [5, 5.41) is 8.76. The average Bonchev–Trinajstić information content (AvgIpc) is 2.93. The first-order chi connectivity index (χ1) is 18.9. The number of ether oxygens (including phenoxy) is 1. The lowest BCUT2D eigenvalue weighted by Crippen LogP contribution is -1.97. The van der Waals surface area contributed by atoms with Crippen molar-refractivity contribution in [2.45, 2.75) is 174 Å². The fraction of sp³-hybridized carbons (Fsp3) is 0.833. The molecule has 0 aliphatic carbocycles. The minimum atomic E-state index is 0.350. The van der Waals surface area contributed by atoms with Crippen molar-refractivity contribution in [3.05, 3.63) is 36.5 Å². The molecule has 0 aromatic rings. The lowest BCUT2D eigenvalue weighted by molar-refractivity contribution is 0.126. The molecule has 0 spiro atoms. The Morgan fingerprint density at radius 1 is 0.395 bits per heavy atom. The van der Waals surface area contributed by atoms with Crippen molar-refractivity contribution < 1.29 is 9.84 Å². The summed E-state index contributed by atoms with van der Waals surface area (Å²) in [4.78, 5) is 0. The molecule has 0 saturated carbocycles. The summed E-state index contributed by atoms with van der Waals surface area (Å²) in [6.07, 6.45) is 47.9.